The normalized spacial score (nSPS) is 10.6. The lowest BCUT2D eigenvalue weighted by Gasteiger charge is -2.14. The number of aryl methyl sites for hydroxylation is 1. The van der Waals surface area contributed by atoms with Gasteiger partial charge in [0.15, 0.2) is 0 Å². The number of aromatic nitrogens is 1. The number of urea groups is 1. The molecule has 0 aliphatic heterocycles. The van der Waals surface area contributed by atoms with Crippen LogP contribution in [-0.2, 0) is 6.54 Å². The summed E-state index contributed by atoms with van der Waals surface area (Å²) >= 11 is 0. The van der Waals surface area contributed by atoms with Crippen LogP contribution >= 0.6 is 0 Å². The average molecular weight is 442 g/mol. The zero-order chi connectivity index (χ0) is 23.4. The maximum Gasteiger partial charge on any atom is 0.319 e. The number of nitrogens with zero attached hydrogens (tertiary/aromatic N) is 2. The first-order valence-corrected chi connectivity index (χ1v) is 10.3. The molecule has 0 radical (unpaired) electrons. The molecular weight excluding hydrogens is 420 g/mol. The summed E-state index contributed by atoms with van der Waals surface area (Å²) in [4.78, 5) is 26.9. The highest BCUT2D eigenvalue weighted by molar-refractivity contribution is 5.98. The number of carbonyl (C=O) groups excluding carboxylic acids is 1. The van der Waals surface area contributed by atoms with Crippen molar-refractivity contribution >= 4 is 28.2 Å². The van der Waals surface area contributed by atoms with E-state index >= 15 is 0 Å². The molecule has 0 saturated carbocycles. The lowest BCUT2D eigenvalue weighted by Crippen LogP contribution is -2.28. The standard InChI is InChI=1S/C25H22N4O4/c1-16-13-17(4-10-24(16)33-2)21-9-3-18(23-15-26-12-11-22(21)23)14-27-25(30)28-19-5-7-20(8-6-19)29(31)32/h3-13,15H,14H2,1-2H3,(H2,27,28,30). The number of hydrogen-bond donors (Lipinski definition) is 2. The Labute approximate surface area is 190 Å². The van der Waals surface area contributed by atoms with E-state index in [2.05, 4.69) is 21.7 Å². The Morgan fingerprint density at radius 2 is 1.85 bits per heavy atom. The molecule has 0 saturated heterocycles. The number of benzene rings is 3. The van der Waals surface area contributed by atoms with Crippen LogP contribution in [0.5, 0.6) is 5.75 Å². The second kappa shape index (κ2) is 9.35. The lowest BCUT2D eigenvalue weighted by molar-refractivity contribution is -0.384. The van der Waals surface area contributed by atoms with E-state index in [9.17, 15) is 14.9 Å². The molecule has 33 heavy (non-hydrogen) atoms. The molecule has 2 N–H and O–H groups in total. The van der Waals surface area contributed by atoms with Crippen molar-refractivity contribution in [3.63, 3.8) is 0 Å². The van der Waals surface area contributed by atoms with Crippen molar-refractivity contribution in [2.75, 3.05) is 12.4 Å². The number of non-ortho nitro benzene ring substituents is 1. The number of fused-ring (bicyclic) bond motifs is 1. The quantitative estimate of drug-likeness (QED) is 0.305. The molecule has 0 aliphatic rings. The molecule has 3 aromatic carbocycles. The van der Waals surface area contributed by atoms with Gasteiger partial charge < -0.3 is 15.4 Å². The summed E-state index contributed by atoms with van der Waals surface area (Å²) in [7, 11) is 1.66. The minimum Gasteiger partial charge on any atom is -0.496 e. The van der Waals surface area contributed by atoms with E-state index < -0.39 is 11.0 Å². The van der Waals surface area contributed by atoms with Crippen LogP contribution in [0.2, 0.25) is 0 Å². The largest absolute Gasteiger partial charge is 0.496 e. The number of ether oxygens (including phenoxy) is 1. The van der Waals surface area contributed by atoms with Crippen LogP contribution in [0.15, 0.2) is 73.1 Å². The first-order valence-electron chi connectivity index (χ1n) is 10.3. The number of pyridine rings is 1. The van der Waals surface area contributed by atoms with Gasteiger partial charge in [0.05, 0.1) is 12.0 Å². The second-order valence-corrected chi connectivity index (χ2v) is 7.49. The predicted octanol–water partition coefficient (Wildman–Crippen LogP) is 5.45. The highest BCUT2D eigenvalue weighted by Crippen LogP contribution is 2.33. The van der Waals surface area contributed by atoms with E-state index in [1.165, 1.54) is 24.3 Å². The predicted molar refractivity (Wildman–Crippen MR) is 127 cm³/mol. The summed E-state index contributed by atoms with van der Waals surface area (Å²) < 4.78 is 5.37. The molecular formula is C25H22N4O4. The maximum atomic E-state index is 12.3. The van der Waals surface area contributed by atoms with Gasteiger partial charge in [-0.05, 0) is 64.9 Å². The SMILES string of the molecule is COc1ccc(-c2ccc(CNC(=O)Nc3ccc([N+](=O)[O-])cc3)c3cnccc23)cc1C. The summed E-state index contributed by atoms with van der Waals surface area (Å²) in [6, 6.07) is 17.3. The fourth-order valence-corrected chi connectivity index (χ4v) is 3.72. The van der Waals surface area contributed by atoms with Gasteiger partial charge >= 0.3 is 6.03 Å². The highest BCUT2D eigenvalue weighted by atomic mass is 16.6. The number of nitro groups is 1. The van der Waals surface area contributed by atoms with Gasteiger partial charge in [-0.15, -0.1) is 0 Å². The molecule has 0 bridgehead atoms. The number of nitrogens with one attached hydrogen (secondary N) is 2. The van der Waals surface area contributed by atoms with Crippen molar-refractivity contribution in [1.82, 2.24) is 10.3 Å². The Morgan fingerprint density at radius 3 is 2.55 bits per heavy atom. The molecule has 8 nitrogen and oxygen atoms in total. The smallest absolute Gasteiger partial charge is 0.319 e. The van der Waals surface area contributed by atoms with Crippen LogP contribution in [0, 0.1) is 17.0 Å². The molecule has 2 amide bonds. The maximum absolute atomic E-state index is 12.3. The van der Waals surface area contributed by atoms with Crippen LogP contribution in [0.1, 0.15) is 11.1 Å². The zero-order valence-corrected chi connectivity index (χ0v) is 18.2. The fraction of sp³-hybridized carbons (Fsp3) is 0.120. The Kier molecular flexibility index (Phi) is 6.17. The topological polar surface area (TPSA) is 106 Å². The molecule has 1 aromatic heterocycles. The third-order valence-electron chi connectivity index (χ3n) is 5.39. The average Bonchev–Trinajstić information content (AvgIpc) is 2.82. The van der Waals surface area contributed by atoms with Gasteiger partial charge in [-0.2, -0.15) is 0 Å². The van der Waals surface area contributed by atoms with Gasteiger partial charge in [-0.25, -0.2) is 4.79 Å². The number of carbonyl (C=O) groups is 1. The zero-order valence-electron chi connectivity index (χ0n) is 18.2. The number of anilines is 1. The van der Waals surface area contributed by atoms with Gasteiger partial charge in [0.1, 0.15) is 5.75 Å². The number of nitro benzene ring substituents is 1. The van der Waals surface area contributed by atoms with Crippen LogP contribution in [-0.4, -0.2) is 23.0 Å². The number of amides is 2. The van der Waals surface area contributed by atoms with Gasteiger partial charge in [-0.1, -0.05) is 18.2 Å². The van der Waals surface area contributed by atoms with Crippen molar-refractivity contribution in [2.24, 2.45) is 0 Å². The summed E-state index contributed by atoms with van der Waals surface area (Å²) in [5, 5.41) is 18.2. The van der Waals surface area contributed by atoms with E-state index in [4.69, 9.17) is 4.74 Å². The summed E-state index contributed by atoms with van der Waals surface area (Å²) in [5.74, 6) is 0.838. The minimum absolute atomic E-state index is 0.0351. The van der Waals surface area contributed by atoms with Gasteiger partial charge in [0, 0.05) is 42.1 Å². The van der Waals surface area contributed by atoms with Gasteiger partial charge in [-0.3, -0.25) is 15.1 Å². The minimum atomic E-state index is -0.486. The van der Waals surface area contributed by atoms with Crippen LogP contribution in [0.25, 0.3) is 21.9 Å². The molecule has 4 rings (SSSR count). The van der Waals surface area contributed by atoms with Crippen LogP contribution in [0.3, 0.4) is 0 Å². The third-order valence-corrected chi connectivity index (χ3v) is 5.39. The van der Waals surface area contributed by atoms with E-state index in [1.54, 1.807) is 19.5 Å². The highest BCUT2D eigenvalue weighted by Gasteiger charge is 2.11. The molecule has 4 aromatic rings. The van der Waals surface area contributed by atoms with Crippen molar-refractivity contribution in [2.45, 2.75) is 13.5 Å². The van der Waals surface area contributed by atoms with Gasteiger partial charge in [0.25, 0.3) is 5.69 Å². The molecule has 0 unspecified atom stereocenters. The summed E-state index contributed by atoms with van der Waals surface area (Å²) in [5.41, 5.74) is 4.54. The molecule has 0 spiro atoms. The Bertz CT molecular complexity index is 1340. The Morgan fingerprint density at radius 1 is 1.06 bits per heavy atom. The summed E-state index contributed by atoms with van der Waals surface area (Å²) in [6.07, 6.45) is 3.54. The van der Waals surface area contributed by atoms with Crippen molar-refractivity contribution in [1.29, 1.82) is 0 Å². The Balaban J connectivity index is 1.53. The van der Waals surface area contributed by atoms with E-state index in [1.807, 2.05) is 37.3 Å². The Hall–Kier alpha value is -4.46. The first-order chi connectivity index (χ1) is 16.0. The first kappa shape index (κ1) is 21.8. The molecule has 1 heterocycles. The van der Waals surface area contributed by atoms with Gasteiger partial charge in [0.2, 0.25) is 0 Å². The molecule has 8 heteroatoms. The second-order valence-electron chi connectivity index (χ2n) is 7.49. The third kappa shape index (κ3) is 4.74. The van der Waals surface area contributed by atoms with Crippen LogP contribution in [0.4, 0.5) is 16.2 Å². The molecule has 0 atom stereocenters. The number of methoxy groups -OCH3 is 1. The van der Waals surface area contributed by atoms with E-state index in [0.29, 0.717) is 12.2 Å². The monoisotopic (exact) mass is 442 g/mol. The van der Waals surface area contributed by atoms with E-state index in [0.717, 1.165) is 38.8 Å². The van der Waals surface area contributed by atoms with E-state index in [-0.39, 0.29) is 5.69 Å². The molecule has 0 fully saturated rings. The van der Waals surface area contributed by atoms with Crippen LogP contribution < -0.4 is 15.4 Å². The fourth-order valence-electron chi connectivity index (χ4n) is 3.72. The molecule has 166 valence electrons. The lowest BCUT2D eigenvalue weighted by atomic mass is 9.95. The summed E-state index contributed by atoms with van der Waals surface area (Å²) in [6.45, 7) is 2.30. The molecule has 0 aliphatic carbocycles. The number of hydrogen-bond acceptors (Lipinski definition) is 5. The van der Waals surface area contributed by atoms with Crippen molar-refractivity contribution in [3.8, 4) is 16.9 Å². The van der Waals surface area contributed by atoms with Crippen molar-refractivity contribution in [3.05, 3.63) is 94.3 Å². The van der Waals surface area contributed by atoms with Crippen molar-refractivity contribution < 1.29 is 14.5 Å². The number of rotatable bonds is 6.